The first kappa shape index (κ1) is 14.6. The predicted octanol–water partition coefficient (Wildman–Crippen LogP) is 2.27. The highest BCUT2D eigenvalue weighted by Gasteiger charge is 2.71. The Labute approximate surface area is 137 Å². The summed E-state index contributed by atoms with van der Waals surface area (Å²) in [5, 5.41) is 11.3. The van der Waals surface area contributed by atoms with E-state index < -0.39 is 5.60 Å². The Morgan fingerprint density at radius 1 is 1.04 bits per heavy atom. The van der Waals surface area contributed by atoms with Gasteiger partial charge < -0.3 is 9.84 Å². The molecule has 0 spiro atoms. The fourth-order valence-electron chi connectivity index (χ4n) is 7.06. The maximum atomic E-state index is 13.0. The molecule has 0 unspecified atom stereocenters. The second-order valence-corrected chi connectivity index (χ2v) is 9.32. The SMILES string of the molecule is C[C@]12CC[C@H]3[C@@H](CC(=O)[C@@]4(O)C[C@@H]5O[C@@H]5C[C@]34C)[C@@H]1CCC2=O. The third-order valence-corrected chi connectivity index (χ3v) is 8.60. The number of epoxide rings is 1. The molecule has 0 aromatic rings. The minimum absolute atomic E-state index is 0.0128. The van der Waals surface area contributed by atoms with Gasteiger partial charge in [0.05, 0.1) is 12.2 Å². The van der Waals surface area contributed by atoms with E-state index in [0.717, 1.165) is 25.7 Å². The summed E-state index contributed by atoms with van der Waals surface area (Å²) in [4.78, 5) is 25.4. The average molecular weight is 318 g/mol. The van der Waals surface area contributed by atoms with E-state index in [0.29, 0.717) is 36.9 Å². The molecule has 4 heteroatoms. The van der Waals surface area contributed by atoms with Crippen LogP contribution < -0.4 is 0 Å². The van der Waals surface area contributed by atoms with Crippen molar-refractivity contribution in [3.63, 3.8) is 0 Å². The van der Waals surface area contributed by atoms with Crippen LogP contribution in [-0.2, 0) is 14.3 Å². The highest BCUT2D eigenvalue weighted by Crippen LogP contribution is 2.67. The van der Waals surface area contributed by atoms with E-state index in [9.17, 15) is 14.7 Å². The highest BCUT2D eigenvalue weighted by atomic mass is 16.6. The van der Waals surface area contributed by atoms with Crippen molar-refractivity contribution < 1.29 is 19.4 Å². The van der Waals surface area contributed by atoms with Gasteiger partial charge in [-0.2, -0.15) is 0 Å². The molecule has 5 rings (SSSR count). The van der Waals surface area contributed by atoms with Gasteiger partial charge in [0.25, 0.3) is 0 Å². The second kappa shape index (κ2) is 4.08. The van der Waals surface area contributed by atoms with Crippen molar-refractivity contribution in [2.75, 3.05) is 0 Å². The fraction of sp³-hybridized carbons (Fsp3) is 0.895. The molecule has 0 bridgehead atoms. The average Bonchev–Trinajstić information content (AvgIpc) is 3.14. The van der Waals surface area contributed by atoms with Gasteiger partial charge in [0.15, 0.2) is 5.78 Å². The van der Waals surface area contributed by atoms with E-state index in [2.05, 4.69) is 13.8 Å². The minimum Gasteiger partial charge on any atom is -0.381 e. The van der Waals surface area contributed by atoms with E-state index in [1.54, 1.807) is 0 Å². The molecule has 0 radical (unpaired) electrons. The van der Waals surface area contributed by atoms with Gasteiger partial charge in [-0.1, -0.05) is 13.8 Å². The number of fused-ring (bicyclic) bond motifs is 6. The Balaban J connectivity index is 1.57. The Morgan fingerprint density at radius 3 is 2.57 bits per heavy atom. The van der Waals surface area contributed by atoms with Gasteiger partial charge in [-0.3, -0.25) is 9.59 Å². The lowest BCUT2D eigenvalue weighted by molar-refractivity contribution is -0.198. The molecule has 0 aromatic heterocycles. The van der Waals surface area contributed by atoms with Crippen LogP contribution in [0.3, 0.4) is 0 Å². The Bertz CT molecular complexity index is 614. The molecule has 1 heterocycles. The van der Waals surface area contributed by atoms with Crippen molar-refractivity contribution >= 4 is 11.6 Å². The first-order valence-corrected chi connectivity index (χ1v) is 9.24. The van der Waals surface area contributed by atoms with Crippen LogP contribution in [0.15, 0.2) is 0 Å². The van der Waals surface area contributed by atoms with Crippen molar-refractivity contribution in [1.82, 2.24) is 0 Å². The molecular weight excluding hydrogens is 292 g/mol. The monoisotopic (exact) mass is 318 g/mol. The van der Waals surface area contributed by atoms with Gasteiger partial charge in [-0.25, -0.2) is 0 Å². The summed E-state index contributed by atoms with van der Waals surface area (Å²) in [6.07, 6.45) is 5.57. The van der Waals surface area contributed by atoms with Gasteiger partial charge >= 0.3 is 0 Å². The third-order valence-electron chi connectivity index (χ3n) is 8.60. The van der Waals surface area contributed by atoms with Gasteiger partial charge in [-0.15, -0.1) is 0 Å². The maximum absolute atomic E-state index is 13.0. The fourth-order valence-corrected chi connectivity index (χ4v) is 7.06. The molecule has 4 nitrogen and oxygen atoms in total. The lowest BCUT2D eigenvalue weighted by atomic mass is 9.43. The molecule has 5 aliphatic rings. The van der Waals surface area contributed by atoms with Crippen LogP contribution in [0.4, 0.5) is 0 Å². The molecule has 0 aromatic carbocycles. The highest BCUT2D eigenvalue weighted by molar-refractivity contribution is 5.91. The smallest absolute Gasteiger partial charge is 0.165 e. The standard InChI is InChI=1S/C19H26O4/c1-17-6-5-12-10(11(17)3-4-15(17)20)7-16(21)19(22)9-14-13(23-14)8-18(12,19)2/h10-14,22H,3-9H2,1-2H3/t10-,11-,12-,13+,14-,17-,18+,19-/m0/s1. The Morgan fingerprint density at radius 2 is 1.78 bits per heavy atom. The Hall–Kier alpha value is -0.740. The topological polar surface area (TPSA) is 66.9 Å². The molecule has 5 fully saturated rings. The molecule has 1 saturated heterocycles. The van der Waals surface area contributed by atoms with Crippen LogP contribution in [0.25, 0.3) is 0 Å². The van der Waals surface area contributed by atoms with Crippen LogP contribution >= 0.6 is 0 Å². The van der Waals surface area contributed by atoms with Gasteiger partial charge in [0.2, 0.25) is 0 Å². The number of carbonyl (C=O) groups excluding carboxylic acids is 2. The quantitative estimate of drug-likeness (QED) is 0.696. The predicted molar refractivity (Wildman–Crippen MR) is 82.6 cm³/mol. The van der Waals surface area contributed by atoms with Gasteiger partial charge in [0.1, 0.15) is 11.4 Å². The Kier molecular flexibility index (Phi) is 2.59. The number of carbonyl (C=O) groups is 2. The van der Waals surface area contributed by atoms with Gasteiger partial charge in [0, 0.05) is 30.1 Å². The summed E-state index contributed by atoms with van der Waals surface area (Å²) in [5.41, 5.74) is -1.81. The summed E-state index contributed by atoms with van der Waals surface area (Å²) in [5.74, 6) is 1.36. The van der Waals surface area contributed by atoms with E-state index in [1.165, 1.54) is 0 Å². The minimum atomic E-state index is -1.21. The second-order valence-electron chi connectivity index (χ2n) is 9.32. The molecule has 0 amide bonds. The summed E-state index contributed by atoms with van der Waals surface area (Å²) in [6.45, 7) is 4.25. The normalized spacial score (nSPS) is 60.6. The van der Waals surface area contributed by atoms with Gasteiger partial charge in [-0.05, 0) is 43.4 Å². The molecular formula is C19H26O4. The molecule has 4 aliphatic carbocycles. The lowest BCUT2D eigenvalue weighted by Crippen LogP contribution is -2.66. The third kappa shape index (κ3) is 1.55. The molecule has 23 heavy (non-hydrogen) atoms. The molecule has 1 aliphatic heterocycles. The molecule has 8 atom stereocenters. The zero-order valence-corrected chi connectivity index (χ0v) is 14.0. The molecule has 126 valence electrons. The first-order chi connectivity index (χ1) is 10.8. The van der Waals surface area contributed by atoms with Crippen LogP contribution in [0.2, 0.25) is 0 Å². The zero-order valence-electron chi connectivity index (χ0n) is 14.0. The van der Waals surface area contributed by atoms with E-state index in [-0.39, 0.29) is 34.7 Å². The van der Waals surface area contributed by atoms with Crippen molar-refractivity contribution in [3.05, 3.63) is 0 Å². The van der Waals surface area contributed by atoms with Crippen LogP contribution in [0.1, 0.15) is 58.8 Å². The maximum Gasteiger partial charge on any atom is 0.165 e. The zero-order chi connectivity index (χ0) is 16.2. The van der Waals surface area contributed by atoms with E-state index in [1.807, 2.05) is 0 Å². The first-order valence-electron chi connectivity index (χ1n) is 9.24. The lowest BCUT2D eigenvalue weighted by Gasteiger charge is -2.61. The number of hydrogen-bond acceptors (Lipinski definition) is 4. The largest absolute Gasteiger partial charge is 0.381 e. The number of hydrogen-bond donors (Lipinski definition) is 1. The number of rotatable bonds is 0. The van der Waals surface area contributed by atoms with E-state index >= 15 is 0 Å². The molecule has 4 saturated carbocycles. The van der Waals surface area contributed by atoms with Crippen molar-refractivity contribution in [1.29, 1.82) is 0 Å². The van der Waals surface area contributed by atoms with E-state index in [4.69, 9.17) is 4.74 Å². The van der Waals surface area contributed by atoms with Crippen molar-refractivity contribution in [2.24, 2.45) is 28.6 Å². The van der Waals surface area contributed by atoms with Crippen molar-refractivity contribution in [3.8, 4) is 0 Å². The summed E-state index contributed by atoms with van der Waals surface area (Å²) in [6, 6.07) is 0. The number of Topliss-reactive ketones (excluding diaryl/α,β-unsaturated/α-hetero) is 2. The van der Waals surface area contributed by atoms with Crippen LogP contribution in [0, 0.1) is 28.6 Å². The molecule has 1 N–H and O–H groups in total. The summed E-state index contributed by atoms with van der Waals surface area (Å²) in [7, 11) is 0. The number of ketones is 2. The summed E-state index contributed by atoms with van der Waals surface area (Å²) >= 11 is 0. The van der Waals surface area contributed by atoms with Crippen LogP contribution in [0.5, 0.6) is 0 Å². The summed E-state index contributed by atoms with van der Waals surface area (Å²) < 4.78 is 5.69. The number of aliphatic hydroxyl groups is 1. The van der Waals surface area contributed by atoms with Crippen molar-refractivity contribution in [2.45, 2.75) is 76.6 Å². The number of ether oxygens (including phenoxy) is 1. The van der Waals surface area contributed by atoms with Crippen LogP contribution in [-0.4, -0.2) is 34.5 Å².